The van der Waals surface area contributed by atoms with E-state index in [9.17, 15) is 39.8 Å². The van der Waals surface area contributed by atoms with E-state index < -0.39 is 63.1 Å². The summed E-state index contributed by atoms with van der Waals surface area (Å²) in [7, 11) is -5.04. The standard InChI is InChI=1S/C53H89O12P/c1-3-5-7-9-11-13-15-17-19-20-21-22-23-24-25-26-27-29-31-33-35-37-39-41-43-62-44-46(45-63-66(60,61)65-53-51(58)49(56)48(55)50(57)52(53)59)64-47(54)42-40-38-36-34-32-30-28-18-16-14-12-10-8-6-4-2/h5,7,11,13,17-19,21-22,24-25,27-29,33,35,46,48-53,55-59H,3-4,6,8-10,12,14-16,20,23,26,30-32,34,36-45H2,1-2H3,(H,60,61)/b7-5-,13-11-,19-17-,22-21-,25-24-,28-18-,29-27-,35-33-. The highest BCUT2D eigenvalue weighted by atomic mass is 31.2. The van der Waals surface area contributed by atoms with Crippen molar-refractivity contribution < 1.29 is 58.3 Å². The lowest BCUT2D eigenvalue weighted by molar-refractivity contribution is -0.220. The number of esters is 1. The predicted molar refractivity (Wildman–Crippen MR) is 267 cm³/mol. The van der Waals surface area contributed by atoms with Crippen molar-refractivity contribution in [1.82, 2.24) is 0 Å². The van der Waals surface area contributed by atoms with Crippen LogP contribution in [0.4, 0.5) is 0 Å². The Morgan fingerprint density at radius 1 is 0.500 bits per heavy atom. The van der Waals surface area contributed by atoms with Gasteiger partial charge in [0.25, 0.3) is 0 Å². The van der Waals surface area contributed by atoms with Crippen molar-refractivity contribution in [2.24, 2.45) is 0 Å². The summed E-state index contributed by atoms with van der Waals surface area (Å²) in [6.07, 6.45) is 46.2. The van der Waals surface area contributed by atoms with Crippen LogP contribution in [0.3, 0.4) is 0 Å². The lowest BCUT2D eigenvalue weighted by atomic mass is 9.85. The van der Waals surface area contributed by atoms with E-state index in [0.717, 1.165) is 103 Å². The molecule has 1 rings (SSSR count). The van der Waals surface area contributed by atoms with Gasteiger partial charge in [0.2, 0.25) is 0 Å². The SMILES string of the molecule is CC/C=C\C/C=C\C/C=C\C/C=C\C/C=C\C/C=C\C/C=C\CCCCOCC(COP(=O)(O)OC1C(O)C(O)C(O)C(O)C1O)OC(=O)CCCCCCC/C=C\CCCCCCCC. The molecule has 0 aromatic rings. The quantitative estimate of drug-likeness (QED) is 0.0147. The molecule has 0 heterocycles. The zero-order valence-electron chi connectivity index (χ0n) is 40.5. The molecule has 6 unspecified atom stereocenters. The van der Waals surface area contributed by atoms with Crippen LogP contribution in [0.2, 0.25) is 0 Å². The van der Waals surface area contributed by atoms with Crippen LogP contribution in [0, 0.1) is 0 Å². The van der Waals surface area contributed by atoms with Gasteiger partial charge in [0.05, 0.1) is 13.2 Å². The second-order valence-electron chi connectivity index (χ2n) is 16.9. The maximum atomic E-state index is 12.8. The third-order valence-electron chi connectivity index (χ3n) is 10.9. The summed E-state index contributed by atoms with van der Waals surface area (Å²) in [5.41, 5.74) is 0. The number of unbranched alkanes of at least 4 members (excludes halogenated alkanes) is 13. The van der Waals surface area contributed by atoms with Crippen molar-refractivity contribution in [3.63, 3.8) is 0 Å². The highest BCUT2D eigenvalue weighted by Crippen LogP contribution is 2.47. The van der Waals surface area contributed by atoms with Crippen LogP contribution in [0.25, 0.3) is 0 Å². The van der Waals surface area contributed by atoms with Crippen LogP contribution in [0.15, 0.2) is 97.2 Å². The molecule has 0 aromatic heterocycles. The van der Waals surface area contributed by atoms with Crippen LogP contribution in [0.5, 0.6) is 0 Å². The average molecular weight is 949 g/mol. The molecule has 6 atom stereocenters. The number of phosphoric ester groups is 1. The molecule has 0 amide bonds. The van der Waals surface area contributed by atoms with E-state index >= 15 is 0 Å². The van der Waals surface area contributed by atoms with Gasteiger partial charge >= 0.3 is 13.8 Å². The van der Waals surface area contributed by atoms with Crippen molar-refractivity contribution in [2.75, 3.05) is 19.8 Å². The van der Waals surface area contributed by atoms with E-state index in [2.05, 4.69) is 111 Å². The average Bonchev–Trinajstić information content (AvgIpc) is 3.30. The summed E-state index contributed by atoms with van der Waals surface area (Å²) in [4.78, 5) is 23.2. The fraction of sp³-hybridized carbons (Fsp3) is 0.679. The van der Waals surface area contributed by atoms with Gasteiger partial charge < -0.3 is 39.9 Å². The number of aliphatic hydroxyl groups is 5. The number of hydrogen-bond donors (Lipinski definition) is 6. The second kappa shape index (κ2) is 42.4. The zero-order valence-corrected chi connectivity index (χ0v) is 41.3. The van der Waals surface area contributed by atoms with Crippen LogP contribution < -0.4 is 0 Å². The zero-order chi connectivity index (χ0) is 48.4. The number of ether oxygens (including phenoxy) is 2. The first-order valence-corrected chi connectivity index (χ1v) is 26.6. The summed E-state index contributed by atoms with van der Waals surface area (Å²) >= 11 is 0. The van der Waals surface area contributed by atoms with Crippen LogP contribution in [0.1, 0.15) is 168 Å². The smallest absolute Gasteiger partial charge is 0.457 e. The summed E-state index contributed by atoms with van der Waals surface area (Å²) in [6.45, 7) is 4.01. The Kier molecular flexibility index (Phi) is 39.3. The molecule has 12 nitrogen and oxygen atoms in total. The van der Waals surface area contributed by atoms with Gasteiger partial charge in [0, 0.05) is 13.0 Å². The normalized spacial score (nSPS) is 22.2. The maximum Gasteiger partial charge on any atom is 0.472 e. The first-order chi connectivity index (χ1) is 32.0. The Labute approximate surface area is 398 Å². The Morgan fingerprint density at radius 3 is 1.38 bits per heavy atom. The Balaban J connectivity index is 2.41. The van der Waals surface area contributed by atoms with Crippen molar-refractivity contribution in [2.45, 2.75) is 211 Å². The van der Waals surface area contributed by atoms with Crippen LogP contribution in [-0.2, 0) is 27.9 Å². The molecule has 66 heavy (non-hydrogen) atoms. The number of allylic oxidation sites excluding steroid dienone is 16. The third kappa shape index (κ3) is 33.7. The van der Waals surface area contributed by atoms with Gasteiger partial charge in [0.15, 0.2) is 0 Å². The number of carbonyl (C=O) groups excluding carboxylic acids is 1. The summed E-state index contributed by atoms with van der Waals surface area (Å²) < 4.78 is 34.2. The van der Waals surface area contributed by atoms with Gasteiger partial charge in [-0.1, -0.05) is 162 Å². The molecule has 1 fully saturated rings. The fourth-order valence-electron chi connectivity index (χ4n) is 6.98. The monoisotopic (exact) mass is 949 g/mol. The lowest BCUT2D eigenvalue weighted by Crippen LogP contribution is -2.64. The van der Waals surface area contributed by atoms with Gasteiger partial charge in [-0.15, -0.1) is 0 Å². The number of aliphatic hydroxyl groups excluding tert-OH is 5. The van der Waals surface area contributed by atoms with Gasteiger partial charge in [-0.05, 0) is 96.3 Å². The number of carbonyl (C=O) groups is 1. The summed E-state index contributed by atoms with van der Waals surface area (Å²) in [6, 6.07) is 0. The number of phosphoric acid groups is 1. The molecule has 0 saturated heterocycles. The van der Waals surface area contributed by atoms with Gasteiger partial charge in [-0.3, -0.25) is 13.8 Å². The Bertz CT molecular complexity index is 1450. The third-order valence-corrected chi connectivity index (χ3v) is 11.9. The Hall–Kier alpha value is -2.74. The molecular weight excluding hydrogens is 860 g/mol. The van der Waals surface area contributed by atoms with E-state index in [-0.39, 0.29) is 13.0 Å². The van der Waals surface area contributed by atoms with Gasteiger partial charge in [-0.2, -0.15) is 0 Å². The molecule has 1 aliphatic carbocycles. The van der Waals surface area contributed by atoms with Gasteiger partial charge in [-0.25, -0.2) is 4.57 Å². The topological polar surface area (TPSA) is 192 Å². The van der Waals surface area contributed by atoms with Crippen molar-refractivity contribution >= 4 is 13.8 Å². The molecule has 0 aliphatic heterocycles. The van der Waals surface area contributed by atoms with Crippen LogP contribution >= 0.6 is 7.82 Å². The summed E-state index contributed by atoms with van der Waals surface area (Å²) in [5, 5.41) is 50.3. The van der Waals surface area contributed by atoms with E-state index in [4.69, 9.17) is 18.5 Å². The molecule has 0 spiro atoms. The minimum absolute atomic E-state index is 0.116. The maximum absolute atomic E-state index is 12.8. The molecule has 0 aromatic carbocycles. The van der Waals surface area contributed by atoms with E-state index in [1.54, 1.807) is 0 Å². The molecule has 13 heteroatoms. The summed E-state index contributed by atoms with van der Waals surface area (Å²) in [5.74, 6) is -0.506. The molecule has 1 saturated carbocycles. The fourth-order valence-corrected chi connectivity index (χ4v) is 7.95. The predicted octanol–water partition coefficient (Wildman–Crippen LogP) is 11.1. The highest BCUT2D eigenvalue weighted by Gasteiger charge is 2.51. The molecule has 0 radical (unpaired) electrons. The van der Waals surface area contributed by atoms with Crippen molar-refractivity contribution in [3.05, 3.63) is 97.2 Å². The largest absolute Gasteiger partial charge is 0.472 e. The molecule has 1 aliphatic rings. The van der Waals surface area contributed by atoms with Crippen molar-refractivity contribution in [1.29, 1.82) is 0 Å². The first-order valence-electron chi connectivity index (χ1n) is 25.1. The lowest BCUT2D eigenvalue weighted by Gasteiger charge is -2.41. The van der Waals surface area contributed by atoms with Crippen LogP contribution in [-0.4, -0.2) is 98.9 Å². The number of hydrogen-bond acceptors (Lipinski definition) is 11. The number of rotatable bonds is 41. The molecule has 0 bridgehead atoms. The molecular formula is C53H89O12P. The Morgan fingerprint density at radius 2 is 0.894 bits per heavy atom. The van der Waals surface area contributed by atoms with E-state index in [1.807, 2.05) is 0 Å². The minimum Gasteiger partial charge on any atom is -0.457 e. The van der Waals surface area contributed by atoms with E-state index in [0.29, 0.717) is 13.0 Å². The van der Waals surface area contributed by atoms with E-state index in [1.165, 1.54) is 38.5 Å². The second-order valence-corrected chi connectivity index (χ2v) is 18.3. The minimum atomic E-state index is -5.04. The van der Waals surface area contributed by atoms with Gasteiger partial charge in [0.1, 0.15) is 42.7 Å². The van der Waals surface area contributed by atoms with Crippen molar-refractivity contribution in [3.8, 4) is 0 Å². The molecule has 6 N–H and O–H groups in total. The molecule has 378 valence electrons. The first kappa shape index (κ1) is 61.3. The highest BCUT2D eigenvalue weighted by molar-refractivity contribution is 7.47.